The van der Waals surface area contributed by atoms with Gasteiger partial charge in [0.05, 0.1) is 0 Å². The monoisotopic (exact) mass is 1710 g/mol. The third kappa shape index (κ3) is 8.59. The number of hydrogen-bond donors (Lipinski definition) is 0. The molecule has 8 unspecified atom stereocenters. The Morgan fingerprint density at radius 2 is 0.505 bits per heavy atom. The van der Waals surface area contributed by atoms with Crippen LogP contribution in [-0.4, -0.2) is 17.6 Å². The summed E-state index contributed by atoms with van der Waals surface area (Å²) in [6.07, 6.45) is 51.1. The van der Waals surface area contributed by atoms with Gasteiger partial charge in [0.25, 0.3) is 0 Å². The molecule has 2 fully saturated rings. The van der Waals surface area contributed by atoms with E-state index in [2.05, 4.69) is 266 Å². The molecule has 4 aromatic carbocycles. The number of allylic oxidation sites excluding steroid dienone is 32. The molecule has 10 aliphatic rings. The predicted octanol–water partition coefficient (Wildman–Crippen LogP) is 30.0. The van der Waals surface area contributed by atoms with Gasteiger partial charge in [-0.1, -0.05) is 0 Å². The Kier molecular flexibility index (Phi) is 18.6. The minimum atomic E-state index is -8.23. The summed E-state index contributed by atoms with van der Waals surface area (Å²) in [7, 11) is 18.0. The molecule has 8 aliphatic carbocycles. The minimum absolute atomic E-state index is 0.116. The van der Waals surface area contributed by atoms with Crippen molar-refractivity contribution in [2.75, 3.05) is 0 Å². The Balaban J connectivity index is 1.23. The third-order valence-electron chi connectivity index (χ3n) is 26.2. The van der Waals surface area contributed by atoms with E-state index in [1.54, 1.807) is 0 Å². The van der Waals surface area contributed by atoms with E-state index < -0.39 is 43.4 Å². The van der Waals surface area contributed by atoms with Crippen molar-refractivity contribution in [2.45, 2.75) is 180 Å². The molecule has 0 radical (unpaired) electrons. The zero-order valence-electron chi connectivity index (χ0n) is 59.0. The van der Waals surface area contributed by atoms with E-state index in [0.717, 1.165) is 70.2 Å². The maximum atomic E-state index is 11.8. The van der Waals surface area contributed by atoms with Crippen molar-refractivity contribution < 1.29 is 14.7 Å². The van der Waals surface area contributed by atoms with Gasteiger partial charge < -0.3 is 0 Å². The molecule has 13 heteroatoms. The average molecular weight is 1710 g/mol. The van der Waals surface area contributed by atoms with Gasteiger partial charge in [-0.15, -0.1) is 0 Å². The van der Waals surface area contributed by atoms with Gasteiger partial charge in [0, 0.05) is 0 Å². The van der Waals surface area contributed by atoms with Crippen LogP contribution in [0, 0.1) is 0 Å². The SMILES string of the molecule is CCC1=CC2=C(C=CC=CC2c2cc(Cl)c(C(C)C)c(Cl)c2)[C]12[SiH](C)[C]1(C(CC)=CC3=C1C=CC=CC3c1cc(Cl)c(C(C)C)c(Cl)c1)[Hf]21([Cl])([Cl])[C]2(C(CC)=CC3=C2C=CC=CC3c2cc(Cl)c(C(C)C)c(Cl)c2)[SiH](C)[C]12C(CC)=CC1=C2C=CC=CC1c1cc(Cl)c(C(C)C)c(Cl)c1. The molecule has 2 heterocycles. The van der Waals surface area contributed by atoms with Crippen LogP contribution < -0.4 is 0 Å². The van der Waals surface area contributed by atoms with Crippen LogP contribution >= 0.6 is 110 Å². The van der Waals surface area contributed by atoms with E-state index in [1.807, 2.05) is 0 Å². The van der Waals surface area contributed by atoms with Crippen LogP contribution in [0.25, 0.3) is 0 Å². The fourth-order valence-corrected chi connectivity index (χ4v) is 198. The Bertz CT molecular complexity index is 4130. The van der Waals surface area contributed by atoms with Crippen LogP contribution in [-0.2, 0) is 14.7 Å². The van der Waals surface area contributed by atoms with Gasteiger partial charge in [0.2, 0.25) is 0 Å². The number of rotatable bonds is 12. The first-order valence-corrected chi connectivity index (χ1v) is 59.7. The molecule has 0 saturated carbocycles. The van der Waals surface area contributed by atoms with Crippen LogP contribution in [0.15, 0.2) is 237 Å². The summed E-state index contributed by atoms with van der Waals surface area (Å²) >= 11 is 51.9. The Morgan fingerprint density at radius 3 is 0.667 bits per heavy atom. The van der Waals surface area contributed by atoms with Crippen LogP contribution in [0.3, 0.4) is 0 Å². The summed E-state index contributed by atoms with van der Waals surface area (Å²) in [6.45, 7) is 32.3. The van der Waals surface area contributed by atoms with Crippen LogP contribution in [0.1, 0.15) is 201 Å². The molecule has 2 aliphatic heterocycles. The summed E-state index contributed by atoms with van der Waals surface area (Å²) < 4.78 is -3.52. The van der Waals surface area contributed by atoms with Gasteiger partial charge in [-0.25, -0.2) is 0 Å². The van der Waals surface area contributed by atoms with Gasteiger partial charge in [-0.05, 0) is 0 Å². The predicted molar refractivity (Wildman–Crippen MR) is 436 cm³/mol. The normalized spacial score (nSPS) is 30.7. The molecule has 8 atom stereocenters. The second-order valence-corrected chi connectivity index (χ2v) is 88.5. The van der Waals surface area contributed by atoms with Gasteiger partial charge in [0.15, 0.2) is 0 Å². The van der Waals surface area contributed by atoms with E-state index in [0.29, 0.717) is 40.2 Å². The Labute approximate surface area is 637 Å². The third-order valence-corrected chi connectivity index (χ3v) is 144. The molecule has 99 heavy (non-hydrogen) atoms. The molecule has 0 bridgehead atoms. The Hall–Kier alpha value is -3.08. The standard InChI is InChI=1S/2C43H44Cl4Si.2ClH.Hf/c2*1-8-26-18-34-30(28-20-36(44)40(24(3)4)37(45)21-28)14-10-12-16-32(34)42(26)48(7)43-27(9-2)19-35-31(15-11-13-17-33(35)43)29-22-38(46)41(25(5)6)39(47)23-29;;;/h2*10-25,30-31,48H,8-9H2,1-7H3;2*1H;/q;;;;+2/p-2. The van der Waals surface area contributed by atoms with Gasteiger partial charge in [0.1, 0.15) is 0 Å². The van der Waals surface area contributed by atoms with E-state index in [1.165, 1.54) is 66.9 Å². The van der Waals surface area contributed by atoms with Crippen molar-refractivity contribution in [3.05, 3.63) is 322 Å². The molecule has 514 valence electrons. The van der Waals surface area contributed by atoms with E-state index in [4.69, 9.17) is 92.8 Å². The van der Waals surface area contributed by atoms with Crippen molar-refractivity contribution in [1.29, 1.82) is 0 Å². The molecule has 14 rings (SSSR count). The Morgan fingerprint density at radius 1 is 0.323 bits per heavy atom. The van der Waals surface area contributed by atoms with Crippen molar-refractivity contribution in [3.8, 4) is 0 Å². The summed E-state index contributed by atoms with van der Waals surface area (Å²) in [5, 5.41) is 5.35. The van der Waals surface area contributed by atoms with Crippen LogP contribution in [0.4, 0.5) is 0 Å². The number of hydrogen-bond acceptors (Lipinski definition) is 0. The van der Waals surface area contributed by atoms with Gasteiger partial charge in [-0.3, -0.25) is 0 Å². The number of halogens is 10. The summed E-state index contributed by atoms with van der Waals surface area (Å²) in [6, 6.07) is 17.4. The van der Waals surface area contributed by atoms with Crippen molar-refractivity contribution in [2.24, 2.45) is 0 Å². The van der Waals surface area contributed by atoms with E-state index >= 15 is 0 Å². The first-order chi connectivity index (χ1) is 47.0. The van der Waals surface area contributed by atoms with Crippen LogP contribution in [0.5, 0.6) is 0 Å². The molecule has 4 aromatic rings. The van der Waals surface area contributed by atoms with E-state index in [9.17, 15) is 17.2 Å². The molecule has 0 amide bonds. The molecular weight excluding hydrogens is 1620 g/mol. The second-order valence-electron chi connectivity index (χ2n) is 30.9. The molecule has 0 aromatic heterocycles. The first kappa shape index (κ1) is 72.9. The summed E-state index contributed by atoms with van der Waals surface area (Å²) in [5.41, 5.74) is 23.3. The van der Waals surface area contributed by atoms with E-state index in [-0.39, 0.29) is 47.3 Å². The van der Waals surface area contributed by atoms with Crippen molar-refractivity contribution >= 4 is 128 Å². The number of fused-ring (bicyclic) bond motifs is 8. The fraction of sp³-hybridized carbons (Fsp3) is 0.349. The molecule has 5 spiro atoms. The number of benzene rings is 4. The van der Waals surface area contributed by atoms with Crippen LogP contribution in [0.2, 0.25) is 64.5 Å². The molecule has 2 saturated heterocycles. The summed E-state index contributed by atoms with van der Waals surface area (Å²) in [5.74, 6) is -0.560. The zero-order valence-corrected chi connectivity index (χ0v) is 72.5. The summed E-state index contributed by atoms with van der Waals surface area (Å²) in [4.78, 5) is 0. The van der Waals surface area contributed by atoms with Gasteiger partial charge >= 0.3 is 644 Å². The molecule has 0 N–H and O–H groups in total. The maximum absolute atomic E-state index is 11.8. The fourth-order valence-electron chi connectivity index (χ4n) is 23.8. The average Bonchev–Trinajstić information content (AvgIpc) is 1.52. The van der Waals surface area contributed by atoms with Crippen molar-refractivity contribution in [1.82, 2.24) is 0 Å². The zero-order chi connectivity index (χ0) is 71.0. The van der Waals surface area contributed by atoms with Crippen molar-refractivity contribution in [3.63, 3.8) is 0 Å². The van der Waals surface area contributed by atoms with Gasteiger partial charge in [-0.2, -0.15) is 0 Å². The molecular formula is C86H88Cl10HfSi2. The quantitative estimate of drug-likeness (QED) is 0.124. The second kappa shape index (κ2) is 25.3. The first-order valence-electron chi connectivity index (χ1n) is 35.9. The topological polar surface area (TPSA) is 0 Å². The molecule has 0 nitrogen and oxygen atoms in total.